The number of hydrogen-bond acceptors (Lipinski definition) is 4. The number of esters is 1. The first-order valence-electron chi connectivity index (χ1n) is 7.29. The molecule has 4 heteroatoms. The summed E-state index contributed by atoms with van der Waals surface area (Å²) in [5, 5.41) is 0. The van der Waals surface area contributed by atoms with Gasteiger partial charge in [0.1, 0.15) is 0 Å². The van der Waals surface area contributed by atoms with Crippen molar-refractivity contribution in [3.8, 4) is 0 Å². The minimum absolute atomic E-state index is 0.0887. The molecule has 18 heavy (non-hydrogen) atoms. The minimum Gasteiger partial charge on any atom is -0.469 e. The third-order valence-electron chi connectivity index (χ3n) is 4.28. The number of nitrogens with zero attached hydrogens (tertiary/aromatic N) is 2. The molecule has 0 aromatic carbocycles. The Kier molecular flexibility index (Phi) is 5.45. The summed E-state index contributed by atoms with van der Waals surface area (Å²) < 4.78 is 4.68. The van der Waals surface area contributed by atoms with Gasteiger partial charge in [0.25, 0.3) is 0 Å². The first-order valence-corrected chi connectivity index (χ1v) is 7.29. The predicted octanol–water partition coefficient (Wildman–Crippen LogP) is 1.36. The molecule has 0 saturated carbocycles. The minimum atomic E-state index is -0.0887. The lowest BCUT2D eigenvalue weighted by atomic mass is 9.96. The molecular weight excluding hydrogens is 228 g/mol. The van der Waals surface area contributed by atoms with E-state index in [0.29, 0.717) is 6.42 Å². The Hall–Kier alpha value is -0.610. The van der Waals surface area contributed by atoms with Crippen LogP contribution in [0.15, 0.2) is 0 Å². The number of likely N-dealkylation sites (tertiary alicyclic amines) is 2. The molecule has 2 saturated heterocycles. The standard InChI is InChI=1S/C14H26N2O2/c1-18-14(17)6-11-15-9-4-13(5-10-15)12-16-7-2-3-8-16/h13H,2-12H2,1H3. The molecular formula is C14H26N2O2. The molecule has 0 bridgehead atoms. The van der Waals surface area contributed by atoms with Gasteiger partial charge in [0.15, 0.2) is 0 Å². The lowest BCUT2D eigenvalue weighted by Gasteiger charge is -2.33. The Morgan fingerprint density at radius 1 is 1.11 bits per heavy atom. The van der Waals surface area contributed by atoms with E-state index in [1.54, 1.807) is 0 Å². The van der Waals surface area contributed by atoms with Crippen LogP contribution in [0, 0.1) is 5.92 Å². The normalized spacial score (nSPS) is 23.4. The van der Waals surface area contributed by atoms with Gasteiger partial charge in [0.05, 0.1) is 13.5 Å². The number of piperidine rings is 1. The number of methoxy groups -OCH3 is 1. The van der Waals surface area contributed by atoms with Crippen molar-refractivity contribution in [2.24, 2.45) is 5.92 Å². The van der Waals surface area contributed by atoms with Gasteiger partial charge in [0.2, 0.25) is 0 Å². The zero-order valence-electron chi connectivity index (χ0n) is 11.6. The Balaban J connectivity index is 1.60. The summed E-state index contributed by atoms with van der Waals surface area (Å²) in [6, 6.07) is 0. The van der Waals surface area contributed by atoms with E-state index < -0.39 is 0 Å². The largest absolute Gasteiger partial charge is 0.469 e. The van der Waals surface area contributed by atoms with Crippen LogP contribution in [0.3, 0.4) is 0 Å². The summed E-state index contributed by atoms with van der Waals surface area (Å²) in [5.74, 6) is 0.784. The van der Waals surface area contributed by atoms with Crippen LogP contribution in [0.25, 0.3) is 0 Å². The van der Waals surface area contributed by atoms with Crippen LogP contribution >= 0.6 is 0 Å². The topological polar surface area (TPSA) is 32.8 Å². The van der Waals surface area contributed by atoms with E-state index in [2.05, 4.69) is 14.5 Å². The SMILES string of the molecule is COC(=O)CCN1CCC(CN2CCCC2)CC1. The lowest BCUT2D eigenvalue weighted by molar-refractivity contribution is -0.141. The van der Waals surface area contributed by atoms with Crippen molar-refractivity contribution in [3.63, 3.8) is 0 Å². The average molecular weight is 254 g/mol. The fourth-order valence-corrected chi connectivity index (χ4v) is 3.07. The molecule has 2 aliphatic heterocycles. The van der Waals surface area contributed by atoms with Crippen LogP contribution in [-0.2, 0) is 9.53 Å². The number of carbonyl (C=O) groups excluding carboxylic acids is 1. The first-order chi connectivity index (χ1) is 8.78. The van der Waals surface area contributed by atoms with Crippen molar-refractivity contribution >= 4 is 5.97 Å². The Morgan fingerprint density at radius 3 is 2.39 bits per heavy atom. The molecule has 0 aromatic rings. The summed E-state index contributed by atoms with van der Waals surface area (Å²) in [4.78, 5) is 16.1. The van der Waals surface area contributed by atoms with Gasteiger partial charge in [-0.3, -0.25) is 4.79 Å². The lowest BCUT2D eigenvalue weighted by Crippen LogP contribution is -2.39. The monoisotopic (exact) mass is 254 g/mol. The van der Waals surface area contributed by atoms with Gasteiger partial charge in [-0.25, -0.2) is 0 Å². The second-order valence-electron chi connectivity index (χ2n) is 5.62. The quantitative estimate of drug-likeness (QED) is 0.694. The molecule has 0 spiro atoms. The van der Waals surface area contributed by atoms with E-state index in [1.165, 1.54) is 52.4 Å². The zero-order valence-corrected chi connectivity index (χ0v) is 11.6. The molecule has 0 N–H and O–H groups in total. The predicted molar refractivity (Wildman–Crippen MR) is 71.5 cm³/mol. The highest BCUT2D eigenvalue weighted by Crippen LogP contribution is 2.20. The fourth-order valence-electron chi connectivity index (χ4n) is 3.07. The molecule has 2 heterocycles. The third-order valence-corrected chi connectivity index (χ3v) is 4.28. The van der Waals surface area contributed by atoms with Crippen LogP contribution in [0.2, 0.25) is 0 Å². The Bertz CT molecular complexity index is 257. The van der Waals surface area contributed by atoms with Crippen molar-refractivity contribution in [1.29, 1.82) is 0 Å². The van der Waals surface area contributed by atoms with Gasteiger partial charge in [0, 0.05) is 13.1 Å². The molecule has 2 aliphatic rings. The van der Waals surface area contributed by atoms with E-state index in [1.807, 2.05) is 0 Å². The van der Waals surface area contributed by atoms with Crippen LogP contribution in [0.5, 0.6) is 0 Å². The highest BCUT2D eigenvalue weighted by molar-refractivity contribution is 5.69. The van der Waals surface area contributed by atoms with E-state index >= 15 is 0 Å². The molecule has 104 valence electrons. The maximum atomic E-state index is 11.1. The van der Waals surface area contributed by atoms with Crippen molar-refractivity contribution < 1.29 is 9.53 Å². The second kappa shape index (κ2) is 7.10. The number of hydrogen-bond donors (Lipinski definition) is 0. The van der Waals surface area contributed by atoms with E-state index in [4.69, 9.17) is 0 Å². The number of rotatable bonds is 5. The molecule has 0 amide bonds. The van der Waals surface area contributed by atoms with Crippen LogP contribution in [0.4, 0.5) is 0 Å². The van der Waals surface area contributed by atoms with E-state index in [0.717, 1.165) is 25.6 Å². The Morgan fingerprint density at radius 2 is 1.78 bits per heavy atom. The zero-order chi connectivity index (χ0) is 12.8. The molecule has 4 nitrogen and oxygen atoms in total. The highest BCUT2D eigenvalue weighted by atomic mass is 16.5. The molecule has 0 atom stereocenters. The van der Waals surface area contributed by atoms with Gasteiger partial charge in [-0.05, 0) is 57.8 Å². The maximum Gasteiger partial charge on any atom is 0.306 e. The van der Waals surface area contributed by atoms with Gasteiger partial charge in [-0.2, -0.15) is 0 Å². The molecule has 0 unspecified atom stereocenters. The highest BCUT2D eigenvalue weighted by Gasteiger charge is 2.22. The molecule has 2 rings (SSSR count). The summed E-state index contributed by atoms with van der Waals surface area (Å²) >= 11 is 0. The van der Waals surface area contributed by atoms with Gasteiger partial charge in [-0.15, -0.1) is 0 Å². The van der Waals surface area contributed by atoms with Crippen molar-refractivity contribution in [1.82, 2.24) is 9.80 Å². The molecule has 0 aromatic heterocycles. The summed E-state index contributed by atoms with van der Waals surface area (Å²) in [6.07, 6.45) is 5.89. The second-order valence-corrected chi connectivity index (χ2v) is 5.62. The van der Waals surface area contributed by atoms with Crippen molar-refractivity contribution in [2.75, 3.05) is 46.4 Å². The summed E-state index contributed by atoms with van der Waals surface area (Å²) in [7, 11) is 1.46. The first kappa shape index (κ1) is 13.8. The Labute approximate surface area is 110 Å². The molecule has 0 radical (unpaired) electrons. The van der Waals surface area contributed by atoms with Crippen LogP contribution in [-0.4, -0.2) is 62.1 Å². The molecule has 0 aliphatic carbocycles. The maximum absolute atomic E-state index is 11.1. The summed E-state index contributed by atoms with van der Waals surface area (Å²) in [5.41, 5.74) is 0. The fraction of sp³-hybridized carbons (Fsp3) is 0.929. The number of carbonyl (C=O) groups is 1. The number of ether oxygens (including phenoxy) is 1. The van der Waals surface area contributed by atoms with Gasteiger partial charge < -0.3 is 14.5 Å². The van der Waals surface area contributed by atoms with E-state index in [9.17, 15) is 4.79 Å². The van der Waals surface area contributed by atoms with Crippen LogP contribution in [0.1, 0.15) is 32.1 Å². The van der Waals surface area contributed by atoms with Crippen molar-refractivity contribution in [3.05, 3.63) is 0 Å². The summed E-state index contributed by atoms with van der Waals surface area (Å²) in [6.45, 7) is 7.07. The van der Waals surface area contributed by atoms with Gasteiger partial charge >= 0.3 is 5.97 Å². The van der Waals surface area contributed by atoms with Gasteiger partial charge in [-0.1, -0.05) is 0 Å². The average Bonchev–Trinajstić information content (AvgIpc) is 2.90. The third kappa shape index (κ3) is 4.25. The van der Waals surface area contributed by atoms with Crippen LogP contribution < -0.4 is 0 Å². The van der Waals surface area contributed by atoms with Crippen molar-refractivity contribution in [2.45, 2.75) is 32.1 Å². The molecule has 2 fully saturated rings. The van der Waals surface area contributed by atoms with E-state index in [-0.39, 0.29) is 5.97 Å². The smallest absolute Gasteiger partial charge is 0.306 e.